The van der Waals surface area contributed by atoms with Gasteiger partial charge in [0, 0.05) is 6.61 Å². The summed E-state index contributed by atoms with van der Waals surface area (Å²) in [5.41, 5.74) is 0. The Morgan fingerprint density at radius 3 is 2.31 bits per heavy atom. The maximum Gasteiger partial charge on any atom is 0.186 e. The fourth-order valence-corrected chi connectivity index (χ4v) is 1.32. The van der Waals surface area contributed by atoms with E-state index in [9.17, 15) is 15.3 Å². The van der Waals surface area contributed by atoms with Gasteiger partial charge in [-0.05, 0) is 13.8 Å². The van der Waals surface area contributed by atoms with E-state index in [0.717, 1.165) is 0 Å². The van der Waals surface area contributed by atoms with E-state index in [0.29, 0.717) is 6.61 Å². The summed E-state index contributed by atoms with van der Waals surface area (Å²) < 4.78 is 10.2. The van der Waals surface area contributed by atoms with Crippen molar-refractivity contribution in [2.45, 2.75) is 44.6 Å². The predicted octanol–water partition coefficient (Wildman–Crippen LogP) is -1.15. The van der Waals surface area contributed by atoms with Crippen molar-refractivity contribution in [3.05, 3.63) is 0 Å². The maximum absolute atomic E-state index is 9.40. The molecule has 1 fully saturated rings. The molecule has 5 atom stereocenters. The van der Waals surface area contributed by atoms with E-state index >= 15 is 0 Å². The lowest BCUT2D eigenvalue weighted by molar-refractivity contribution is -0.291. The Bertz CT molecular complexity index is 163. The van der Waals surface area contributed by atoms with Gasteiger partial charge < -0.3 is 24.8 Å². The van der Waals surface area contributed by atoms with Crippen molar-refractivity contribution in [3.8, 4) is 0 Å². The minimum Gasteiger partial charge on any atom is -0.388 e. The molecule has 1 unspecified atom stereocenters. The summed E-state index contributed by atoms with van der Waals surface area (Å²) in [5, 5.41) is 28.1. The zero-order valence-corrected chi connectivity index (χ0v) is 7.75. The molecule has 0 saturated carbocycles. The van der Waals surface area contributed by atoms with Gasteiger partial charge in [-0.1, -0.05) is 0 Å². The van der Waals surface area contributed by atoms with E-state index < -0.39 is 30.7 Å². The number of rotatable bonds is 2. The summed E-state index contributed by atoms with van der Waals surface area (Å²) in [6, 6.07) is 0. The minimum atomic E-state index is -1.21. The van der Waals surface area contributed by atoms with Crippen LogP contribution in [-0.2, 0) is 9.47 Å². The largest absolute Gasteiger partial charge is 0.388 e. The summed E-state index contributed by atoms with van der Waals surface area (Å²) in [7, 11) is 0. The van der Waals surface area contributed by atoms with Crippen LogP contribution in [-0.4, -0.2) is 52.6 Å². The van der Waals surface area contributed by atoms with Gasteiger partial charge >= 0.3 is 0 Å². The average molecular weight is 192 g/mol. The first-order valence-electron chi connectivity index (χ1n) is 4.39. The van der Waals surface area contributed by atoms with Gasteiger partial charge in [-0.3, -0.25) is 0 Å². The van der Waals surface area contributed by atoms with E-state index in [4.69, 9.17) is 9.47 Å². The van der Waals surface area contributed by atoms with Crippen LogP contribution in [0.1, 0.15) is 13.8 Å². The van der Waals surface area contributed by atoms with Gasteiger partial charge in [0.1, 0.15) is 18.3 Å². The highest BCUT2D eigenvalue weighted by molar-refractivity contribution is 4.86. The van der Waals surface area contributed by atoms with Crippen LogP contribution < -0.4 is 0 Å². The molecule has 1 saturated heterocycles. The molecule has 5 heteroatoms. The fourth-order valence-electron chi connectivity index (χ4n) is 1.32. The smallest absolute Gasteiger partial charge is 0.186 e. The van der Waals surface area contributed by atoms with Crippen molar-refractivity contribution in [2.24, 2.45) is 0 Å². The zero-order chi connectivity index (χ0) is 10.0. The van der Waals surface area contributed by atoms with Gasteiger partial charge in [0.2, 0.25) is 0 Å². The molecule has 78 valence electrons. The molecule has 5 nitrogen and oxygen atoms in total. The van der Waals surface area contributed by atoms with Crippen LogP contribution in [0.25, 0.3) is 0 Å². The lowest BCUT2D eigenvalue weighted by Crippen LogP contribution is -2.57. The van der Waals surface area contributed by atoms with Crippen LogP contribution >= 0.6 is 0 Å². The Kier molecular flexibility index (Phi) is 3.63. The van der Waals surface area contributed by atoms with Crippen LogP contribution in [0.15, 0.2) is 0 Å². The highest BCUT2D eigenvalue weighted by atomic mass is 16.7. The summed E-state index contributed by atoms with van der Waals surface area (Å²) in [6.07, 6.45) is -4.84. The van der Waals surface area contributed by atoms with E-state index in [2.05, 4.69) is 0 Å². The van der Waals surface area contributed by atoms with Gasteiger partial charge in [0.25, 0.3) is 0 Å². The number of aliphatic hydroxyl groups excluding tert-OH is 3. The molecule has 0 bridgehead atoms. The van der Waals surface area contributed by atoms with Gasteiger partial charge in [0.15, 0.2) is 6.29 Å². The van der Waals surface area contributed by atoms with Gasteiger partial charge in [0.05, 0.1) is 6.10 Å². The molecule has 0 aromatic rings. The average Bonchev–Trinajstić information content (AvgIpc) is 2.11. The van der Waals surface area contributed by atoms with Crippen LogP contribution in [0, 0.1) is 0 Å². The second-order valence-electron chi connectivity index (χ2n) is 3.14. The molecule has 0 aromatic carbocycles. The monoisotopic (exact) mass is 192 g/mol. The molecule has 3 N–H and O–H groups in total. The number of aliphatic hydroxyl groups is 3. The normalized spacial score (nSPS) is 46.4. The second kappa shape index (κ2) is 4.34. The van der Waals surface area contributed by atoms with Crippen LogP contribution in [0.2, 0.25) is 0 Å². The molecule has 13 heavy (non-hydrogen) atoms. The third-order valence-corrected chi connectivity index (χ3v) is 2.14. The molecule has 0 spiro atoms. The molecule has 1 rings (SSSR count). The maximum atomic E-state index is 9.40. The Morgan fingerprint density at radius 2 is 1.77 bits per heavy atom. The lowest BCUT2D eigenvalue weighted by Gasteiger charge is -2.38. The molecule has 0 aromatic heterocycles. The van der Waals surface area contributed by atoms with Crippen molar-refractivity contribution < 1.29 is 24.8 Å². The first-order valence-corrected chi connectivity index (χ1v) is 4.39. The van der Waals surface area contributed by atoms with Crippen molar-refractivity contribution in [1.82, 2.24) is 0 Å². The van der Waals surface area contributed by atoms with Crippen molar-refractivity contribution in [2.75, 3.05) is 6.61 Å². The summed E-state index contributed by atoms with van der Waals surface area (Å²) in [6.45, 7) is 3.77. The van der Waals surface area contributed by atoms with Crippen LogP contribution in [0.5, 0.6) is 0 Å². The first-order chi connectivity index (χ1) is 6.07. The van der Waals surface area contributed by atoms with Gasteiger partial charge in [-0.15, -0.1) is 0 Å². The summed E-state index contributed by atoms with van der Waals surface area (Å²) in [4.78, 5) is 0. The Balaban J connectivity index is 2.59. The molecule has 0 radical (unpaired) electrons. The number of hydrogen-bond acceptors (Lipinski definition) is 5. The topological polar surface area (TPSA) is 79.2 Å². The Hall–Kier alpha value is -0.200. The van der Waals surface area contributed by atoms with Crippen LogP contribution in [0.3, 0.4) is 0 Å². The van der Waals surface area contributed by atoms with Gasteiger partial charge in [-0.2, -0.15) is 0 Å². The first kappa shape index (κ1) is 10.9. The molecule has 1 heterocycles. The number of hydrogen-bond donors (Lipinski definition) is 3. The lowest BCUT2D eigenvalue weighted by atomic mass is 10.0. The fraction of sp³-hybridized carbons (Fsp3) is 1.00. The molecule has 1 aliphatic rings. The summed E-state index contributed by atoms with van der Waals surface area (Å²) in [5.74, 6) is 0. The van der Waals surface area contributed by atoms with E-state index in [1.54, 1.807) is 13.8 Å². The predicted molar refractivity (Wildman–Crippen MR) is 44.0 cm³/mol. The summed E-state index contributed by atoms with van der Waals surface area (Å²) >= 11 is 0. The van der Waals surface area contributed by atoms with E-state index in [1.807, 2.05) is 0 Å². The Morgan fingerprint density at radius 1 is 1.15 bits per heavy atom. The zero-order valence-electron chi connectivity index (χ0n) is 7.75. The van der Waals surface area contributed by atoms with E-state index in [1.165, 1.54) is 0 Å². The highest BCUT2D eigenvalue weighted by Gasteiger charge is 2.42. The third-order valence-electron chi connectivity index (χ3n) is 2.14. The molecular formula is C8H16O5. The van der Waals surface area contributed by atoms with Crippen molar-refractivity contribution >= 4 is 0 Å². The van der Waals surface area contributed by atoms with Crippen LogP contribution in [0.4, 0.5) is 0 Å². The SMILES string of the molecule is CCOC1O[C@H](C)[C@H](O)[C@H](O)[C@H]1O. The van der Waals surface area contributed by atoms with Gasteiger partial charge in [-0.25, -0.2) is 0 Å². The van der Waals surface area contributed by atoms with Crippen molar-refractivity contribution in [1.29, 1.82) is 0 Å². The standard InChI is InChI=1S/C8H16O5/c1-3-12-8-7(11)6(10)5(9)4(2)13-8/h4-11H,3H2,1-2H3/t4-,5+,6+,7-,8?/m1/s1. The van der Waals surface area contributed by atoms with Crippen molar-refractivity contribution in [3.63, 3.8) is 0 Å². The molecule has 1 aliphatic heterocycles. The Labute approximate surface area is 76.9 Å². The second-order valence-corrected chi connectivity index (χ2v) is 3.14. The quantitative estimate of drug-likeness (QED) is 0.515. The minimum absolute atomic E-state index is 0.386. The van der Waals surface area contributed by atoms with E-state index in [-0.39, 0.29) is 0 Å². The molecular weight excluding hydrogens is 176 g/mol. The highest BCUT2D eigenvalue weighted by Crippen LogP contribution is 2.21. The molecule has 0 aliphatic carbocycles. The number of ether oxygens (including phenoxy) is 2. The third kappa shape index (κ3) is 2.18. The molecule has 0 amide bonds.